The van der Waals surface area contributed by atoms with Gasteiger partial charge in [0, 0.05) is 36.0 Å². The van der Waals surface area contributed by atoms with E-state index in [4.69, 9.17) is 9.47 Å². The zero-order valence-corrected chi connectivity index (χ0v) is 20.9. The van der Waals surface area contributed by atoms with Crippen LogP contribution in [0.3, 0.4) is 0 Å². The summed E-state index contributed by atoms with van der Waals surface area (Å²) in [4.78, 5) is 0. The van der Waals surface area contributed by atoms with E-state index in [9.17, 15) is 4.21 Å². The smallest absolute Gasteiger partial charge is 0.0805 e. The summed E-state index contributed by atoms with van der Waals surface area (Å²) in [5.74, 6) is 0.889. The van der Waals surface area contributed by atoms with Crippen molar-refractivity contribution >= 4 is 10.8 Å². The topological polar surface area (TPSA) is 35.5 Å². The number of hydrogen-bond acceptors (Lipinski definition) is 3. The monoisotopic (exact) mass is 432 g/mol. The molecule has 3 nitrogen and oxygen atoms in total. The molecule has 0 saturated carbocycles. The molecule has 0 aliphatic carbocycles. The van der Waals surface area contributed by atoms with E-state index in [0.29, 0.717) is 0 Å². The lowest BCUT2D eigenvalue weighted by Gasteiger charge is -2.16. The summed E-state index contributed by atoms with van der Waals surface area (Å²) in [7, 11) is -0.598. The van der Waals surface area contributed by atoms with E-state index in [1.165, 1.54) is 89.9 Å². The Balaban J connectivity index is 3.15. The highest BCUT2D eigenvalue weighted by Crippen LogP contribution is 2.13. The van der Waals surface area contributed by atoms with Gasteiger partial charge in [-0.2, -0.15) is 0 Å². The van der Waals surface area contributed by atoms with Crippen molar-refractivity contribution in [2.75, 3.05) is 31.8 Å². The second-order valence-electron chi connectivity index (χ2n) is 8.56. The molecule has 0 aromatic heterocycles. The van der Waals surface area contributed by atoms with E-state index in [-0.39, 0.29) is 6.10 Å². The first-order valence-electron chi connectivity index (χ1n) is 12.7. The Morgan fingerprint density at radius 2 is 1.14 bits per heavy atom. The van der Waals surface area contributed by atoms with Crippen molar-refractivity contribution in [3.05, 3.63) is 0 Å². The summed E-state index contributed by atoms with van der Waals surface area (Å²) in [6, 6.07) is 0. The van der Waals surface area contributed by atoms with Crippen LogP contribution in [0.5, 0.6) is 0 Å². The molecule has 0 rings (SSSR count). The molecular weight excluding hydrogens is 380 g/mol. The summed E-state index contributed by atoms with van der Waals surface area (Å²) in [5, 5.41) is 0. The third-order valence-electron chi connectivity index (χ3n) is 5.58. The van der Waals surface area contributed by atoms with Gasteiger partial charge in [0.2, 0.25) is 0 Å². The van der Waals surface area contributed by atoms with Crippen molar-refractivity contribution in [3.8, 4) is 0 Å². The van der Waals surface area contributed by atoms with Crippen LogP contribution in [0, 0.1) is 0 Å². The normalized spacial score (nSPS) is 13.6. The van der Waals surface area contributed by atoms with Crippen molar-refractivity contribution in [2.45, 2.75) is 129 Å². The first-order chi connectivity index (χ1) is 14.2. The Hall–Kier alpha value is 0.0700. The van der Waals surface area contributed by atoms with Crippen molar-refractivity contribution in [2.24, 2.45) is 0 Å². The highest BCUT2D eigenvalue weighted by atomic mass is 32.2. The van der Waals surface area contributed by atoms with E-state index in [2.05, 4.69) is 13.8 Å². The molecular formula is C25H52O3S. The van der Waals surface area contributed by atoms with Crippen LogP contribution in [-0.2, 0) is 20.3 Å². The van der Waals surface area contributed by atoms with Crippen molar-refractivity contribution in [1.29, 1.82) is 0 Å². The molecule has 0 spiro atoms. The lowest BCUT2D eigenvalue weighted by atomic mass is 10.0. The molecule has 0 N–H and O–H groups in total. The maximum Gasteiger partial charge on any atom is 0.0805 e. The largest absolute Gasteiger partial charge is 0.379 e. The average molecular weight is 433 g/mol. The first-order valence-corrected chi connectivity index (χ1v) is 14.4. The fourth-order valence-electron chi connectivity index (χ4n) is 3.52. The second kappa shape index (κ2) is 24.3. The van der Waals surface area contributed by atoms with Crippen LogP contribution in [0.25, 0.3) is 0 Å². The average Bonchev–Trinajstić information content (AvgIpc) is 2.71. The van der Waals surface area contributed by atoms with Gasteiger partial charge in [-0.3, -0.25) is 4.21 Å². The molecule has 0 radical (unpaired) electrons. The van der Waals surface area contributed by atoms with Crippen molar-refractivity contribution in [1.82, 2.24) is 0 Å². The molecule has 0 aromatic carbocycles. The molecule has 29 heavy (non-hydrogen) atoms. The van der Waals surface area contributed by atoms with Crippen LogP contribution in [0.4, 0.5) is 0 Å². The van der Waals surface area contributed by atoms with Gasteiger partial charge < -0.3 is 9.47 Å². The van der Waals surface area contributed by atoms with Crippen LogP contribution >= 0.6 is 0 Å². The first kappa shape index (κ1) is 29.1. The Labute approximate surface area is 185 Å². The van der Waals surface area contributed by atoms with E-state index in [1.54, 1.807) is 0 Å². The molecule has 0 saturated heterocycles. The molecule has 176 valence electrons. The molecule has 4 heteroatoms. The standard InChI is InChI=1S/C25H52O3S/c1-4-6-22-28-25(5-2)24-27-21-19-17-15-13-11-9-7-8-10-12-14-16-18-20-23-29(3)26/h25H,4-24H2,1-3H3. The molecule has 0 aromatic rings. The molecule has 2 unspecified atom stereocenters. The van der Waals surface area contributed by atoms with Gasteiger partial charge in [0.15, 0.2) is 0 Å². The van der Waals surface area contributed by atoms with Crippen LogP contribution in [0.2, 0.25) is 0 Å². The zero-order chi connectivity index (χ0) is 21.4. The van der Waals surface area contributed by atoms with Gasteiger partial charge in [0.25, 0.3) is 0 Å². The highest BCUT2D eigenvalue weighted by Gasteiger charge is 2.06. The quantitative estimate of drug-likeness (QED) is 0.149. The predicted octanol–water partition coefficient (Wildman–Crippen LogP) is 7.44. The predicted molar refractivity (Wildman–Crippen MR) is 129 cm³/mol. The summed E-state index contributed by atoms with van der Waals surface area (Å²) in [6.07, 6.45) is 24.2. The molecule has 2 atom stereocenters. The molecule has 0 fully saturated rings. The molecule has 0 bridgehead atoms. The van der Waals surface area contributed by atoms with Gasteiger partial charge in [0.05, 0.1) is 12.7 Å². The molecule has 0 aliphatic rings. The third-order valence-corrected chi connectivity index (χ3v) is 6.44. The van der Waals surface area contributed by atoms with Crippen molar-refractivity contribution < 1.29 is 13.7 Å². The molecule has 0 heterocycles. The number of ether oxygens (including phenoxy) is 2. The maximum absolute atomic E-state index is 11.0. The van der Waals surface area contributed by atoms with Crippen LogP contribution in [-0.4, -0.2) is 42.1 Å². The van der Waals surface area contributed by atoms with E-state index < -0.39 is 10.8 Å². The van der Waals surface area contributed by atoms with E-state index >= 15 is 0 Å². The Morgan fingerprint density at radius 1 is 0.655 bits per heavy atom. The van der Waals surface area contributed by atoms with Gasteiger partial charge >= 0.3 is 0 Å². The van der Waals surface area contributed by atoms with E-state index in [0.717, 1.165) is 44.8 Å². The number of hydrogen-bond donors (Lipinski definition) is 0. The van der Waals surface area contributed by atoms with Gasteiger partial charge in [-0.25, -0.2) is 0 Å². The van der Waals surface area contributed by atoms with Gasteiger partial charge in [-0.1, -0.05) is 97.3 Å². The van der Waals surface area contributed by atoms with Crippen LogP contribution in [0.15, 0.2) is 0 Å². The van der Waals surface area contributed by atoms with Crippen molar-refractivity contribution in [3.63, 3.8) is 0 Å². The lowest BCUT2D eigenvalue weighted by Crippen LogP contribution is -2.20. The minimum Gasteiger partial charge on any atom is -0.379 e. The summed E-state index contributed by atoms with van der Waals surface area (Å²) >= 11 is 0. The Morgan fingerprint density at radius 3 is 1.59 bits per heavy atom. The van der Waals surface area contributed by atoms with Crippen LogP contribution < -0.4 is 0 Å². The zero-order valence-electron chi connectivity index (χ0n) is 20.1. The highest BCUT2D eigenvalue weighted by molar-refractivity contribution is 7.84. The van der Waals surface area contributed by atoms with Crippen LogP contribution in [0.1, 0.15) is 123 Å². The minimum absolute atomic E-state index is 0.287. The fraction of sp³-hybridized carbons (Fsp3) is 1.00. The maximum atomic E-state index is 11.0. The fourth-order valence-corrected chi connectivity index (χ4v) is 4.13. The number of unbranched alkanes of at least 4 members (excludes halogenated alkanes) is 14. The lowest BCUT2D eigenvalue weighted by molar-refractivity contribution is -0.0197. The SMILES string of the molecule is CCCCOC(CC)COCCCCCCCCCCCCCCCCS(C)=O. The summed E-state index contributed by atoms with van der Waals surface area (Å²) < 4.78 is 22.6. The second-order valence-corrected chi connectivity index (χ2v) is 10.1. The Kier molecular flexibility index (Phi) is 24.4. The van der Waals surface area contributed by atoms with Gasteiger partial charge in [0.1, 0.15) is 0 Å². The molecule has 0 aliphatic heterocycles. The third kappa shape index (κ3) is 24.2. The minimum atomic E-state index is -0.598. The van der Waals surface area contributed by atoms with Gasteiger partial charge in [-0.15, -0.1) is 0 Å². The summed E-state index contributed by atoms with van der Waals surface area (Å²) in [5.41, 5.74) is 0. The Bertz CT molecular complexity index is 336. The van der Waals surface area contributed by atoms with Gasteiger partial charge in [-0.05, 0) is 25.7 Å². The molecule has 0 amide bonds. The number of rotatable bonds is 24. The van der Waals surface area contributed by atoms with E-state index in [1.807, 2.05) is 6.26 Å². The summed E-state index contributed by atoms with van der Waals surface area (Å²) in [6.45, 7) is 6.91.